The molecule has 110 valence electrons. The molecular formula is C14H24ClNO2S. The second kappa shape index (κ2) is 9.23. The van der Waals surface area contributed by atoms with Crippen LogP contribution in [-0.2, 0) is 17.9 Å². The van der Waals surface area contributed by atoms with Gasteiger partial charge in [-0.2, -0.15) is 0 Å². The zero-order valence-corrected chi connectivity index (χ0v) is 13.6. The highest BCUT2D eigenvalue weighted by atomic mass is 35.5. The molecule has 0 fully saturated rings. The minimum absolute atomic E-state index is 0. The SMILES string of the molecule is CC.CC(C)C(=O)N1Cc2ccc(S)cc2C1.Cl.O. The Hall–Kier alpha value is -0.710. The van der Waals surface area contributed by atoms with Gasteiger partial charge in [0.15, 0.2) is 0 Å². The molecule has 1 amide bonds. The largest absolute Gasteiger partial charge is 0.412 e. The lowest BCUT2D eigenvalue weighted by molar-refractivity contribution is -0.135. The number of fused-ring (bicyclic) bond motifs is 1. The smallest absolute Gasteiger partial charge is 0.225 e. The summed E-state index contributed by atoms with van der Waals surface area (Å²) in [6, 6.07) is 6.09. The van der Waals surface area contributed by atoms with E-state index in [1.54, 1.807) is 0 Å². The summed E-state index contributed by atoms with van der Waals surface area (Å²) in [5.41, 5.74) is 2.48. The Balaban J connectivity index is 0. The lowest BCUT2D eigenvalue weighted by Gasteiger charge is -2.17. The third kappa shape index (κ3) is 5.05. The third-order valence-electron chi connectivity index (χ3n) is 2.72. The predicted molar refractivity (Wildman–Crippen MR) is 85.0 cm³/mol. The summed E-state index contributed by atoms with van der Waals surface area (Å²) in [6.07, 6.45) is 0. The van der Waals surface area contributed by atoms with Crippen molar-refractivity contribution in [3.05, 3.63) is 29.3 Å². The van der Waals surface area contributed by atoms with Crippen molar-refractivity contribution in [1.29, 1.82) is 0 Å². The van der Waals surface area contributed by atoms with Gasteiger partial charge in [-0.1, -0.05) is 33.8 Å². The zero-order valence-electron chi connectivity index (χ0n) is 11.9. The van der Waals surface area contributed by atoms with E-state index in [-0.39, 0.29) is 29.7 Å². The molecule has 19 heavy (non-hydrogen) atoms. The maximum Gasteiger partial charge on any atom is 0.225 e. The lowest BCUT2D eigenvalue weighted by Crippen LogP contribution is -2.29. The molecule has 0 unspecified atom stereocenters. The Kier molecular flexibility index (Phi) is 10.0. The Morgan fingerprint density at radius 3 is 2.26 bits per heavy atom. The van der Waals surface area contributed by atoms with Crippen molar-refractivity contribution >= 4 is 30.9 Å². The van der Waals surface area contributed by atoms with Crippen LogP contribution in [0.15, 0.2) is 23.1 Å². The van der Waals surface area contributed by atoms with Crippen molar-refractivity contribution in [3.63, 3.8) is 0 Å². The Bertz CT molecular complexity index is 410. The molecule has 5 heteroatoms. The van der Waals surface area contributed by atoms with E-state index in [1.807, 2.05) is 44.7 Å². The summed E-state index contributed by atoms with van der Waals surface area (Å²) in [5, 5.41) is 0. The van der Waals surface area contributed by atoms with Crippen molar-refractivity contribution in [1.82, 2.24) is 4.90 Å². The van der Waals surface area contributed by atoms with Gasteiger partial charge >= 0.3 is 0 Å². The van der Waals surface area contributed by atoms with Crippen LogP contribution in [0.1, 0.15) is 38.8 Å². The molecule has 1 aromatic carbocycles. The summed E-state index contributed by atoms with van der Waals surface area (Å²) < 4.78 is 0. The minimum Gasteiger partial charge on any atom is -0.412 e. The molecule has 1 aromatic rings. The number of benzene rings is 1. The maximum absolute atomic E-state index is 11.8. The first-order valence-electron chi connectivity index (χ1n) is 6.17. The Morgan fingerprint density at radius 2 is 1.74 bits per heavy atom. The first kappa shape index (κ1) is 20.6. The number of carbonyl (C=O) groups is 1. The van der Waals surface area contributed by atoms with E-state index >= 15 is 0 Å². The number of rotatable bonds is 1. The number of carbonyl (C=O) groups excluding carboxylic acids is 1. The Labute approximate surface area is 127 Å². The summed E-state index contributed by atoms with van der Waals surface area (Å²) >= 11 is 4.30. The number of thiol groups is 1. The normalized spacial score (nSPS) is 11.8. The molecule has 1 aliphatic rings. The van der Waals surface area contributed by atoms with Crippen LogP contribution in [0.3, 0.4) is 0 Å². The number of hydrogen-bond donors (Lipinski definition) is 1. The highest BCUT2D eigenvalue weighted by molar-refractivity contribution is 7.80. The fourth-order valence-electron chi connectivity index (χ4n) is 1.90. The van der Waals surface area contributed by atoms with E-state index in [4.69, 9.17) is 0 Å². The number of hydrogen-bond acceptors (Lipinski definition) is 2. The molecule has 2 N–H and O–H groups in total. The van der Waals surface area contributed by atoms with Crippen LogP contribution in [-0.4, -0.2) is 16.3 Å². The van der Waals surface area contributed by atoms with E-state index in [0.29, 0.717) is 0 Å². The minimum atomic E-state index is 0. The van der Waals surface area contributed by atoms with Crippen molar-refractivity contribution in [2.75, 3.05) is 0 Å². The van der Waals surface area contributed by atoms with Gasteiger partial charge < -0.3 is 10.4 Å². The van der Waals surface area contributed by atoms with Gasteiger partial charge in [0.25, 0.3) is 0 Å². The molecule has 0 radical (unpaired) electrons. The molecule has 0 bridgehead atoms. The summed E-state index contributed by atoms with van der Waals surface area (Å²) in [4.78, 5) is 14.7. The number of amides is 1. The van der Waals surface area contributed by atoms with Gasteiger partial charge in [-0.25, -0.2) is 0 Å². The van der Waals surface area contributed by atoms with Crippen molar-refractivity contribution in [2.45, 2.75) is 45.7 Å². The summed E-state index contributed by atoms with van der Waals surface area (Å²) in [5.74, 6) is 0.307. The molecule has 1 aliphatic heterocycles. The van der Waals surface area contributed by atoms with Crippen molar-refractivity contribution < 1.29 is 10.3 Å². The van der Waals surface area contributed by atoms with Gasteiger partial charge in [0.05, 0.1) is 0 Å². The standard InChI is InChI=1S/C12H15NOS.C2H6.ClH.H2O/c1-8(2)12(14)13-6-9-3-4-11(15)5-10(9)7-13;1-2;;/h3-5,8,15H,6-7H2,1-2H3;1-2H3;1H;1H2. The average Bonchev–Trinajstić information content (AvgIpc) is 2.73. The molecular weight excluding hydrogens is 282 g/mol. The summed E-state index contributed by atoms with van der Waals surface area (Å²) in [7, 11) is 0. The molecule has 0 saturated carbocycles. The highest BCUT2D eigenvalue weighted by Gasteiger charge is 2.24. The van der Waals surface area contributed by atoms with Gasteiger partial charge in [0, 0.05) is 23.9 Å². The van der Waals surface area contributed by atoms with Crippen molar-refractivity contribution in [3.8, 4) is 0 Å². The molecule has 2 rings (SSSR count). The molecule has 0 atom stereocenters. The fraction of sp³-hybridized carbons (Fsp3) is 0.500. The van der Waals surface area contributed by atoms with E-state index in [1.165, 1.54) is 11.1 Å². The molecule has 0 aliphatic carbocycles. The highest BCUT2D eigenvalue weighted by Crippen LogP contribution is 2.26. The maximum atomic E-state index is 11.8. The molecule has 0 saturated heterocycles. The van der Waals surface area contributed by atoms with Gasteiger partial charge in [0.2, 0.25) is 5.91 Å². The Morgan fingerprint density at radius 1 is 1.21 bits per heavy atom. The van der Waals surface area contributed by atoms with Crippen LogP contribution >= 0.6 is 25.0 Å². The molecule has 3 nitrogen and oxygen atoms in total. The van der Waals surface area contributed by atoms with Crippen LogP contribution in [0, 0.1) is 5.92 Å². The molecule has 0 aromatic heterocycles. The van der Waals surface area contributed by atoms with Crippen molar-refractivity contribution in [2.24, 2.45) is 5.92 Å². The molecule has 0 spiro atoms. The van der Waals surface area contributed by atoms with Crippen LogP contribution in [0.2, 0.25) is 0 Å². The first-order chi connectivity index (χ1) is 8.08. The zero-order chi connectivity index (χ0) is 13.0. The fourth-order valence-corrected chi connectivity index (χ4v) is 2.13. The van der Waals surface area contributed by atoms with Crippen LogP contribution in [0.5, 0.6) is 0 Å². The van der Waals surface area contributed by atoms with E-state index in [2.05, 4.69) is 18.7 Å². The van der Waals surface area contributed by atoms with E-state index in [0.717, 1.165) is 18.0 Å². The van der Waals surface area contributed by atoms with Gasteiger partial charge in [-0.15, -0.1) is 25.0 Å². The second-order valence-corrected chi connectivity index (χ2v) is 4.82. The van der Waals surface area contributed by atoms with E-state index < -0.39 is 0 Å². The van der Waals surface area contributed by atoms with Gasteiger partial charge in [-0.3, -0.25) is 4.79 Å². The molecule has 1 heterocycles. The first-order valence-corrected chi connectivity index (χ1v) is 6.62. The van der Waals surface area contributed by atoms with Gasteiger partial charge in [0.1, 0.15) is 0 Å². The van der Waals surface area contributed by atoms with Crippen LogP contribution in [0.4, 0.5) is 0 Å². The topological polar surface area (TPSA) is 51.8 Å². The van der Waals surface area contributed by atoms with Crippen LogP contribution in [0.25, 0.3) is 0 Å². The van der Waals surface area contributed by atoms with Gasteiger partial charge in [-0.05, 0) is 23.3 Å². The van der Waals surface area contributed by atoms with Crippen LogP contribution < -0.4 is 0 Å². The second-order valence-electron chi connectivity index (χ2n) is 4.30. The third-order valence-corrected chi connectivity index (χ3v) is 3.00. The monoisotopic (exact) mass is 305 g/mol. The summed E-state index contributed by atoms with van der Waals surface area (Å²) in [6.45, 7) is 9.37. The average molecular weight is 306 g/mol. The predicted octanol–water partition coefficient (Wildman–Crippen LogP) is 3.10. The number of halogens is 1. The van der Waals surface area contributed by atoms with E-state index in [9.17, 15) is 4.79 Å². The lowest BCUT2D eigenvalue weighted by atomic mass is 10.1. The number of nitrogens with zero attached hydrogens (tertiary/aromatic N) is 1. The quantitative estimate of drug-likeness (QED) is 0.796.